The summed E-state index contributed by atoms with van der Waals surface area (Å²) in [6, 6.07) is 11.8. The molecule has 3 rings (SSSR count). The molecule has 1 aromatic heterocycles. The molecule has 1 atom stereocenters. The number of phenols is 1. The maximum absolute atomic E-state index is 13.6. The van der Waals surface area contributed by atoms with E-state index in [1.165, 1.54) is 12.1 Å². The molecule has 0 bridgehead atoms. The summed E-state index contributed by atoms with van der Waals surface area (Å²) in [5.74, 6) is -0.838. The van der Waals surface area contributed by atoms with Crippen LogP contribution in [0.4, 0.5) is 5.69 Å². The molecular weight excluding hydrogens is 405 g/mol. The van der Waals surface area contributed by atoms with Crippen molar-refractivity contribution in [3.63, 3.8) is 0 Å². The van der Waals surface area contributed by atoms with E-state index in [4.69, 9.17) is 13.5 Å². The average Bonchev–Trinajstić information content (AvgIpc) is 2.70. The minimum absolute atomic E-state index is 0.0365. The molecule has 0 saturated carbocycles. The highest BCUT2D eigenvalue weighted by Gasteiger charge is 2.37. The van der Waals surface area contributed by atoms with Crippen molar-refractivity contribution in [2.75, 3.05) is 18.5 Å². The Balaban J connectivity index is 2.10. The molecule has 0 aliphatic rings. The molecule has 0 radical (unpaired) electrons. The van der Waals surface area contributed by atoms with Crippen LogP contribution in [-0.4, -0.2) is 18.3 Å². The van der Waals surface area contributed by atoms with Crippen molar-refractivity contribution in [3.8, 4) is 5.75 Å². The van der Waals surface area contributed by atoms with Crippen molar-refractivity contribution in [1.29, 1.82) is 0 Å². The van der Waals surface area contributed by atoms with Crippen LogP contribution in [-0.2, 0) is 13.6 Å². The molecule has 0 saturated heterocycles. The molecular formula is C22H26NO6P. The first-order valence-corrected chi connectivity index (χ1v) is 11.4. The highest BCUT2D eigenvalue weighted by atomic mass is 31.2. The summed E-state index contributed by atoms with van der Waals surface area (Å²) in [7, 11) is -3.64. The summed E-state index contributed by atoms with van der Waals surface area (Å²) in [6.45, 7) is 7.46. The Labute approximate surface area is 175 Å². The Morgan fingerprint density at radius 3 is 2.40 bits per heavy atom. The molecule has 8 heteroatoms. The van der Waals surface area contributed by atoms with Crippen molar-refractivity contribution in [3.05, 3.63) is 69.6 Å². The molecule has 1 heterocycles. The van der Waals surface area contributed by atoms with Crippen molar-refractivity contribution < 1.29 is 23.1 Å². The van der Waals surface area contributed by atoms with Crippen LogP contribution in [0.3, 0.4) is 0 Å². The fraction of sp³-hybridized carbons (Fsp3) is 0.318. The minimum atomic E-state index is -3.64. The topological polar surface area (TPSA) is 98.0 Å². The van der Waals surface area contributed by atoms with Gasteiger partial charge in [-0.25, -0.2) is 4.79 Å². The highest BCUT2D eigenvalue weighted by molar-refractivity contribution is 7.54. The van der Waals surface area contributed by atoms with E-state index in [9.17, 15) is 14.5 Å². The predicted molar refractivity (Wildman–Crippen MR) is 117 cm³/mol. The molecule has 2 aromatic carbocycles. The summed E-state index contributed by atoms with van der Waals surface area (Å²) >= 11 is 0. The fourth-order valence-corrected chi connectivity index (χ4v) is 5.21. The minimum Gasteiger partial charge on any atom is -0.508 e. The van der Waals surface area contributed by atoms with Crippen molar-refractivity contribution in [1.82, 2.24) is 0 Å². The van der Waals surface area contributed by atoms with Gasteiger partial charge >= 0.3 is 13.2 Å². The second-order valence-electron chi connectivity index (χ2n) is 6.87. The highest BCUT2D eigenvalue weighted by Crippen LogP contribution is 2.61. The quantitative estimate of drug-likeness (QED) is 0.359. The summed E-state index contributed by atoms with van der Waals surface area (Å²) in [5, 5.41) is 13.9. The van der Waals surface area contributed by atoms with Crippen molar-refractivity contribution in [2.24, 2.45) is 0 Å². The molecule has 30 heavy (non-hydrogen) atoms. The van der Waals surface area contributed by atoms with Gasteiger partial charge in [0.2, 0.25) is 0 Å². The zero-order chi connectivity index (χ0) is 21.9. The lowest BCUT2D eigenvalue weighted by molar-refractivity contribution is 0.214. The van der Waals surface area contributed by atoms with E-state index in [0.29, 0.717) is 22.4 Å². The van der Waals surface area contributed by atoms with Gasteiger partial charge in [0, 0.05) is 22.7 Å². The number of hydrogen-bond acceptors (Lipinski definition) is 7. The van der Waals surface area contributed by atoms with Crippen LogP contribution in [0.25, 0.3) is 11.0 Å². The first kappa shape index (κ1) is 22.1. The maximum Gasteiger partial charge on any atom is 0.357 e. The van der Waals surface area contributed by atoms with E-state index in [2.05, 4.69) is 5.32 Å². The third-order valence-corrected chi connectivity index (χ3v) is 7.18. The van der Waals surface area contributed by atoms with Crippen LogP contribution in [0, 0.1) is 13.8 Å². The molecule has 7 nitrogen and oxygen atoms in total. The Morgan fingerprint density at radius 2 is 1.77 bits per heavy atom. The molecule has 0 amide bonds. The summed E-state index contributed by atoms with van der Waals surface area (Å²) in [4.78, 5) is 12.1. The first-order valence-electron chi connectivity index (χ1n) is 9.77. The third-order valence-electron chi connectivity index (χ3n) is 4.88. The van der Waals surface area contributed by atoms with E-state index < -0.39 is 19.0 Å². The monoisotopic (exact) mass is 431 g/mol. The third kappa shape index (κ3) is 4.43. The standard InChI is InChI=1S/C22H26NO6P/c1-5-27-30(26,28-6-2)21(16-8-7-9-18(24)12-16)23-17-10-11-19-14(3)15(4)22(25)29-20(19)13-17/h7-13,21,23-24H,5-6H2,1-4H3. The first-order chi connectivity index (χ1) is 14.3. The number of aromatic hydroxyl groups is 1. The van der Waals surface area contributed by atoms with Crippen LogP contribution in [0.1, 0.15) is 36.3 Å². The van der Waals surface area contributed by atoms with Crippen LogP contribution >= 0.6 is 7.60 Å². The largest absolute Gasteiger partial charge is 0.508 e. The number of rotatable bonds is 8. The SMILES string of the molecule is CCOP(=O)(OCC)C(Nc1ccc2c(C)c(C)c(=O)oc2c1)c1cccc(O)c1. The second kappa shape index (κ2) is 9.04. The molecule has 160 valence electrons. The predicted octanol–water partition coefficient (Wildman–Crippen LogP) is 5.49. The Bertz CT molecular complexity index is 1150. The van der Waals surface area contributed by atoms with Gasteiger partial charge in [-0.3, -0.25) is 4.57 Å². The normalized spacial score (nSPS) is 12.8. The summed E-state index contributed by atoms with van der Waals surface area (Å²) in [6.07, 6.45) is 0. The molecule has 0 aliphatic carbocycles. The van der Waals surface area contributed by atoms with Gasteiger partial charge in [-0.2, -0.15) is 0 Å². The maximum atomic E-state index is 13.6. The van der Waals surface area contributed by atoms with Gasteiger partial charge in [-0.05, 0) is 63.1 Å². The number of anilines is 1. The van der Waals surface area contributed by atoms with Gasteiger partial charge in [-0.15, -0.1) is 0 Å². The lowest BCUT2D eigenvalue weighted by atomic mass is 10.1. The van der Waals surface area contributed by atoms with Gasteiger partial charge in [-0.1, -0.05) is 12.1 Å². The van der Waals surface area contributed by atoms with E-state index >= 15 is 0 Å². The van der Waals surface area contributed by atoms with Crippen LogP contribution in [0.15, 0.2) is 51.7 Å². The lowest BCUT2D eigenvalue weighted by Gasteiger charge is -2.28. The van der Waals surface area contributed by atoms with Gasteiger partial charge in [0.05, 0.1) is 13.2 Å². The zero-order valence-electron chi connectivity index (χ0n) is 17.5. The van der Waals surface area contributed by atoms with Gasteiger partial charge in [0.15, 0.2) is 5.78 Å². The number of phenolic OH excluding ortho intramolecular Hbond substituents is 1. The van der Waals surface area contributed by atoms with E-state index in [1.807, 2.05) is 19.1 Å². The molecule has 0 fully saturated rings. The Morgan fingerprint density at radius 1 is 1.07 bits per heavy atom. The Hall–Kier alpha value is -2.60. The van der Waals surface area contributed by atoms with Crippen LogP contribution in [0.5, 0.6) is 5.75 Å². The van der Waals surface area contributed by atoms with Gasteiger partial charge in [0.25, 0.3) is 0 Å². The zero-order valence-corrected chi connectivity index (χ0v) is 18.4. The number of hydrogen-bond donors (Lipinski definition) is 2. The number of nitrogens with one attached hydrogen (secondary N) is 1. The van der Waals surface area contributed by atoms with Crippen molar-refractivity contribution >= 4 is 24.3 Å². The second-order valence-corrected chi connectivity index (χ2v) is 8.98. The molecule has 1 unspecified atom stereocenters. The fourth-order valence-electron chi connectivity index (χ4n) is 3.28. The van der Waals surface area contributed by atoms with E-state index in [-0.39, 0.29) is 19.0 Å². The number of benzene rings is 2. The number of aryl methyl sites for hydroxylation is 1. The van der Waals surface area contributed by atoms with Gasteiger partial charge < -0.3 is 23.9 Å². The van der Waals surface area contributed by atoms with E-state index in [1.54, 1.807) is 39.0 Å². The average molecular weight is 431 g/mol. The molecule has 0 aliphatic heterocycles. The number of fused-ring (bicyclic) bond motifs is 1. The smallest absolute Gasteiger partial charge is 0.357 e. The van der Waals surface area contributed by atoms with E-state index in [0.717, 1.165) is 10.9 Å². The van der Waals surface area contributed by atoms with Gasteiger partial charge in [0.1, 0.15) is 11.3 Å². The van der Waals surface area contributed by atoms with Crippen molar-refractivity contribution in [2.45, 2.75) is 33.5 Å². The lowest BCUT2D eigenvalue weighted by Crippen LogP contribution is -2.15. The van der Waals surface area contributed by atoms with Crippen LogP contribution < -0.4 is 10.9 Å². The van der Waals surface area contributed by atoms with Crippen LogP contribution in [0.2, 0.25) is 0 Å². The summed E-state index contributed by atoms with van der Waals surface area (Å²) < 4.78 is 30.1. The Kier molecular flexibility index (Phi) is 6.66. The molecule has 2 N–H and O–H groups in total. The summed E-state index contributed by atoms with van der Waals surface area (Å²) in [5.41, 5.74) is 2.56. The molecule has 0 spiro atoms. The molecule has 3 aromatic rings.